The molecule has 0 saturated heterocycles. The van der Waals surface area contributed by atoms with E-state index in [0.29, 0.717) is 11.3 Å². The van der Waals surface area contributed by atoms with Gasteiger partial charge in [-0.3, -0.25) is 4.79 Å². The zero-order chi connectivity index (χ0) is 21.0. The number of nitriles is 1. The fourth-order valence-corrected chi connectivity index (χ4v) is 3.19. The van der Waals surface area contributed by atoms with Crippen LogP contribution in [0.15, 0.2) is 48.5 Å². The molecule has 1 saturated carbocycles. The van der Waals surface area contributed by atoms with Crippen LogP contribution in [0.3, 0.4) is 0 Å². The van der Waals surface area contributed by atoms with E-state index in [-0.39, 0.29) is 5.92 Å². The van der Waals surface area contributed by atoms with Gasteiger partial charge in [-0.15, -0.1) is 0 Å². The number of halogens is 3. The summed E-state index contributed by atoms with van der Waals surface area (Å²) in [4.78, 5) is 13.3. The van der Waals surface area contributed by atoms with Crippen LogP contribution in [0.5, 0.6) is 5.75 Å². The average Bonchev–Trinajstić information content (AvgIpc) is 3.55. The molecule has 1 fully saturated rings. The fraction of sp³-hybridized carbons (Fsp3) is 0.364. The van der Waals surface area contributed by atoms with E-state index < -0.39 is 31.3 Å². The fourth-order valence-electron chi connectivity index (χ4n) is 3.19. The Bertz CT molecular complexity index is 882. The molecule has 0 aromatic heterocycles. The Kier molecular flexibility index (Phi) is 6.12. The molecule has 7 heteroatoms. The molecule has 2 aromatic rings. The molecule has 0 N–H and O–H groups in total. The highest BCUT2D eigenvalue weighted by Gasteiger charge is 2.40. The largest absolute Gasteiger partial charge is 0.484 e. The molecule has 29 heavy (non-hydrogen) atoms. The number of hydrogen-bond donors (Lipinski definition) is 0. The van der Waals surface area contributed by atoms with Crippen molar-refractivity contribution in [1.29, 1.82) is 5.26 Å². The van der Waals surface area contributed by atoms with Gasteiger partial charge >= 0.3 is 6.18 Å². The van der Waals surface area contributed by atoms with Gasteiger partial charge in [-0.25, -0.2) is 0 Å². The zero-order valence-corrected chi connectivity index (χ0v) is 15.9. The Morgan fingerprint density at radius 2 is 1.69 bits per heavy atom. The molecule has 1 amide bonds. The van der Waals surface area contributed by atoms with Gasteiger partial charge in [-0.05, 0) is 61.1 Å². The maximum absolute atomic E-state index is 12.9. The Morgan fingerprint density at radius 1 is 1.14 bits per heavy atom. The molecular weight excluding hydrogens is 381 g/mol. The molecule has 0 bridgehead atoms. The first-order valence-electron chi connectivity index (χ1n) is 9.36. The number of alkyl halides is 3. The van der Waals surface area contributed by atoms with Crippen molar-refractivity contribution in [1.82, 2.24) is 4.90 Å². The molecule has 1 aliphatic rings. The summed E-state index contributed by atoms with van der Waals surface area (Å²) in [6.45, 7) is -0.0402. The van der Waals surface area contributed by atoms with Crippen molar-refractivity contribution in [2.24, 2.45) is 5.92 Å². The predicted molar refractivity (Wildman–Crippen MR) is 102 cm³/mol. The molecule has 0 unspecified atom stereocenters. The van der Waals surface area contributed by atoms with Crippen molar-refractivity contribution >= 4 is 5.91 Å². The molecule has 0 heterocycles. The normalized spacial score (nSPS) is 14.7. The highest BCUT2D eigenvalue weighted by Crippen LogP contribution is 2.36. The molecule has 0 aliphatic heterocycles. The molecule has 4 nitrogen and oxygen atoms in total. The number of carbonyl (C=O) groups excluding carboxylic acids is 1. The molecule has 1 atom stereocenters. The first kappa shape index (κ1) is 20.7. The van der Waals surface area contributed by atoms with Crippen LogP contribution in [0.1, 0.15) is 25.3 Å². The maximum atomic E-state index is 12.9. The number of rotatable bonds is 7. The second-order valence-corrected chi connectivity index (χ2v) is 7.22. The van der Waals surface area contributed by atoms with E-state index in [1.54, 1.807) is 43.3 Å². The van der Waals surface area contributed by atoms with Gasteiger partial charge in [0.25, 0.3) is 5.91 Å². The minimum atomic E-state index is -4.44. The predicted octanol–water partition coefficient (Wildman–Crippen LogP) is 4.79. The lowest BCUT2D eigenvalue weighted by Gasteiger charge is -2.30. The second kappa shape index (κ2) is 8.56. The lowest BCUT2D eigenvalue weighted by atomic mass is 10.0. The number of amides is 1. The van der Waals surface area contributed by atoms with Gasteiger partial charge in [0.1, 0.15) is 12.3 Å². The topological polar surface area (TPSA) is 53.3 Å². The number of benzene rings is 2. The molecule has 0 spiro atoms. The first-order chi connectivity index (χ1) is 13.8. The molecule has 2 aromatic carbocycles. The van der Waals surface area contributed by atoms with Gasteiger partial charge in [0, 0.05) is 6.04 Å². The van der Waals surface area contributed by atoms with Crippen molar-refractivity contribution in [3.8, 4) is 22.9 Å². The smallest absolute Gasteiger partial charge is 0.406 e. The van der Waals surface area contributed by atoms with Crippen LogP contribution in [0.25, 0.3) is 11.1 Å². The zero-order valence-electron chi connectivity index (χ0n) is 15.9. The van der Waals surface area contributed by atoms with Crippen LogP contribution in [0, 0.1) is 17.2 Å². The molecule has 1 aliphatic carbocycles. The third-order valence-electron chi connectivity index (χ3n) is 5.03. The van der Waals surface area contributed by atoms with Crippen LogP contribution in [0.2, 0.25) is 0 Å². The standard InChI is InChI=1S/C22H21F3N2O2/c1-15(17-6-7-17)27(14-22(23,24)25)21(28)13-29-20-10-8-19(9-11-20)18-4-2-16(12-26)3-5-18/h2-5,8-11,15,17H,6-7,13-14H2,1H3/t15-/m0/s1. The van der Waals surface area contributed by atoms with Crippen molar-refractivity contribution < 1.29 is 22.7 Å². The minimum Gasteiger partial charge on any atom is -0.484 e. The Labute approximate surface area is 167 Å². The summed E-state index contributed by atoms with van der Waals surface area (Å²) in [5.74, 6) is -0.132. The highest BCUT2D eigenvalue weighted by atomic mass is 19.4. The van der Waals surface area contributed by atoms with Crippen molar-refractivity contribution in [2.45, 2.75) is 32.0 Å². The number of hydrogen-bond acceptors (Lipinski definition) is 3. The van der Waals surface area contributed by atoms with Crippen LogP contribution in [0.4, 0.5) is 13.2 Å². The van der Waals surface area contributed by atoms with E-state index in [0.717, 1.165) is 28.9 Å². The summed E-state index contributed by atoms with van der Waals surface area (Å²) >= 11 is 0. The lowest BCUT2D eigenvalue weighted by molar-refractivity contribution is -0.167. The number of ether oxygens (including phenoxy) is 1. The van der Waals surface area contributed by atoms with Gasteiger partial charge < -0.3 is 9.64 Å². The average molecular weight is 402 g/mol. The van der Waals surface area contributed by atoms with Crippen molar-refractivity contribution in [3.05, 3.63) is 54.1 Å². The number of nitrogens with zero attached hydrogens (tertiary/aromatic N) is 2. The minimum absolute atomic E-state index is 0.132. The van der Waals surface area contributed by atoms with Gasteiger partial charge in [0.15, 0.2) is 6.61 Å². The van der Waals surface area contributed by atoms with Gasteiger partial charge in [0.2, 0.25) is 0 Å². The molecular formula is C22H21F3N2O2. The third kappa shape index (κ3) is 5.74. The third-order valence-corrected chi connectivity index (χ3v) is 5.03. The van der Waals surface area contributed by atoms with Gasteiger partial charge in [0.05, 0.1) is 11.6 Å². The van der Waals surface area contributed by atoms with Crippen molar-refractivity contribution in [2.75, 3.05) is 13.2 Å². The van der Waals surface area contributed by atoms with Gasteiger partial charge in [-0.2, -0.15) is 18.4 Å². The Morgan fingerprint density at radius 3 is 2.17 bits per heavy atom. The molecule has 3 rings (SSSR count). The quantitative estimate of drug-likeness (QED) is 0.669. The van der Waals surface area contributed by atoms with Crippen LogP contribution >= 0.6 is 0 Å². The van der Waals surface area contributed by atoms with E-state index in [4.69, 9.17) is 10.00 Å². The Balaban J connectivity index is 1.61. The summed E-state index contributed by atoms with van der Waals surface area (Å²) in [6.07, 6.45) is -2.75. The molecule has 0 radical (unpaired) electrons. The summed E-state index contributed by atoms with van der Waals surface area (Å²) in [6, 6.07) is 15.6. The summed E-state index contributed by atoms with van der Waals surface area (Å²) in [7, 11) is 0. The van der Waals surface area contributed by atoms with E-state index in [1.165, 1.54) is 0 Å². The van der Waals surface area contributed by atoms with Crippen molar-refractivity contribution in [3.63, 3.8) is 0 Å². The first-order valence-corrected chi connectivity index (χ1v) is 9.36. The Hall–Kier alpha value is -3.01. The molecule has 152 valence electrons. The van der Waals surface area contributed by atoms with Crippen LogP contribution in [-0.4, -0.2) is 36.2 Å². The SMILES string of the molecule is C[C@@H](C1CC1)N(CC(F)(F)F)C(=O)COc1ccc(-c2ccc(C#N)cc2)cc1. The van der Waals surface area contributed by atoms with E-state index in [2.05, 4.69) is 6.07 Å². The van der Waals surface area contributed by atoms with Crippen LogP contribution in [-0.2, 0) is 4.79 Å². The van der Waals surface area contributed by atoms with E-state index in [9.17, 15) is 18.0 Å². The van der Waals surface area contributed by atoms with Gasteiger partial charge in [-0.1, -0.05) is 24.3 Å². The number of carbonyl (C=O) groups is 1. The van der Waals surface area contributed by atoms with Crippen LogP contribution < -0.4 is 4.74 Å². The second-order valence-electron chi connectivity index (χ2n) is 7.22. The highest BCUT2D eigenvalue weighted by molar-refractivity contribution is 5.78. The maximum Gasteiger partial charge on any atom is 0.406 e. The van der Waals surface area contributed by atoms with E-state index >= 15 is 0 Å². The van der Waals surface area contributed by atoms with E-state index in [1.807, 2.05) is 12.1 Å². The summed E-state index contributed by atoms with van der Waals surface area (Å²) in [5, 5.41) is 8.85. The monoisotopic (exact) mass is 402 g/mol. The summed E-state index contributed by atoms with van der Waals surface area (Å²) in [5.41, 5.74) is 2.38. The lowest BCUT2D eigenvalue weighted by Crippen LogP contribution is -2.47. The summed E-state index contributed by atoms with van der Waals surface area (Å²) < 4.78 is 44.1.